The van der Waals surface area contributed by atoms with Gasteiger partial charge in [0.05, 0.1) is 16.9 Å². The topological polar surface area (TPSA) is 66.5 Å². The number of hydrogen-bond donors (Lipinski definition) is 1. The minimum Gasteiger partial charge on any atom is -0.345 e. The van der Waals surface area contributed by atoms with Crippen molar-refractivity contribution < 1.29 is 13.2 Å². The third-order valence-corrected chi connectivity index (χ3v) is 8.13. The maximum atomic E-state index is 13.3. The molecule has 0 aliphatic carbocycles. The van der Waals surface area contributed by atoms with E-state index in [9.17, 15) is 13.2 Å². The van der Waals surface area contributed by atoms with Gasteiger partial charge in [0.1, 0.15) is 0 Å². The molecule has 172 valence electrons. The van der Waals surface area contributed by atoms with E-state index in [0.717, 1.165) is 16.7 Å². The highest BCUT2D eigenvalue weighted by molar-refractivity contribution is 7.89. The number of nitrogens with one attached hydrogen (secondary N) is 1. The molecular formula is C26H27ClN2O3S. The lowest BCUT2D eigenvalue weighted by molar-refractivity contribution is -0.126. The minimum atomic E-state index is -3.69. The van der Waals surface area contributed by atoms with Crippen LogP contribution in [-0.2, 0) is 14.8 Å². The summed E-state index contributed by atoms with van der Waals surface area (Å²) in [4.78, 5) is 13.5. The first-order valence-electron chi connectivity index (χ1n) is 11.0. The van der Waals surface area contributed by atoms with Gasteiger partial charge in [0, 0.05) is 18.1 Å². The molecular weight excluding hydrogens is 456 g/mol. The van der Waals surface area contributed by atoms with Gasteiger partial charge in [-0.15, -0.1) is 0 Å². The van der Waals surface area contributed by atoms with Gasteiger partial charge in [-0.05, 0) is 55.2 Å². The molecule has 0 saturated carbocycles. The predicted octanol–water partition coefficient (Wildman–Crippen LogP) is 4.95. The molecule has 1 fully saturated rings. The zero-order valence-electron chi connectivity index (χ0n) is 18.4. The van der Waals surface area contributed by atoms with Crippen molar-refractivity contribution in [2.24, 2.45) is 5.92 Å². The summed E-state index contributed by atoms with van der Waals surface area (Å²) in [7, 11) is -3.69. The Morgan fingerprint density at radius 3 is 2.39 bits per heavy atom. The van der Waals surface area contributed by atoms with Crippen LogP contribution in [0.5, 0.6) is 0 Å². The molecule has 1 saturated heterocycles. The molecule has 2 unspecified atom stereocenters. The molecule has 3 aromatic rings. The maximum absolute atomic E-state index is 13.3. The smallest absolute Gasteiger partial charge is 0.243 e. The first-order chi connectivity index (χ1) is 15.8. The van der Waals surface area contributed by atoms with Crippen molar-refractivity contribution in [3.8, 4) is 0 Å². The maximum Gasteiger partial charge on any atom is 0.243 e. The first kappa shape index (κ1) is 23.5. The first-order valence-corrected chi connectivity index (χ1v) is 12.8. The molecule has 5 nitrogen and oxygen atoms in total. The Hall–Kier alpha value is -2.67. The predicted molar refractivity (Wildman–Crippen MR) is 131 cm³/mol. The normalized spacial score (nSPS) is 17.9. The fourth-order valence-corrected chi connectivity index (χ4v) is 5.89. The number of carbonyl (C=O) groups excluding carboxylic acids is 1. The standard InChI is InChI=1S/C26H27ClN2O3S/c1-19-7-5-10-21(17-19)25(20-8-3-2-4-9-20)28-26(30)22-11-6-16-29(18-22)33(31,32)24-14-12-23(27)13-15-24/h2-5,7-10,12-15,17,22,25H,6,11,16,18H2,1H3,(H,28,30). The summed E-state index contributed by atoms with van der Waals surface area (Å²) in [6.07, 6.45) is 1.28. The highest BCUT2D eigenvalue weighted by atomic mass is 35.5. The third kappa shape index (κ3) is 5.46. The van der Waals surface area contributed by atoms with Crippen LogP contribution in [0.1, 0.15) is 35.6 Å². The lowest BCUT2D eigenvalue weighted by Gasteiger charge is -2.32. The molecule has 1 aliphatic rings. The molecule has 1 heterocycles. The van der Waals surface area contributed by atoms with Crippen LogP contribution in [0.15, 0.2) is 83.8 Å². The number of nitrogens with zero attached hydrogens (tertiary/aromatic N) is 1. The minimum absolute atomic E-state index is 0.138. The molecule has 0 bridgehead atoms. The van der Waals surface area contributed by atoms with Gasteiger partial charge >= 0.3 is 0 Å². The van der Waals surface area contributed by atoms with Crippen LogP contribution in [0.25, 0.3) is 0 Å². The van der Waals surface area contributed by atoms with Crippen molar-refractivity contribution in [2.75, 3.05) is 13.1 Å². The Kier molecular flexibility index (Phi) is 7.17. The van der Waals surface area contributed by atoms with Crippen molar-refractivity contribution in [1.82, 2.24) is 9.62 Å². The van der Waals surface area contributed by atoms with E-state index in [1.807, 2.05) is 55.5 Å². The van der Waals surface area contributed by atoms with E-state index in [2.05, 4.69) is 11.4 Å². The molecule has 0 radical (unpaired) electrons. The van der Waals surface area contributed by atoms with E-state index >= 15 is 0 Å². The fraction of sp³-hybridized carbons (Fsp3) is 0.269. The fourth-order valence-electron chi connectivity index (χ4n) is 4.24. The lowest BCUT2D eigenvalue weighted by Crippen LogP contribution is -2.46. The number of sulfonamides is 1. The van der Waals surface area contributed by atoms with Crippen molar-refractivity contribution in [1.29, 1.82) is 0 Å². The van der Waals surface area contributed by atoms with Gasteiger partial charge < -0.3 is 5.32 Å². The molecule has 1 amide bonds. The van der Waals surface area contributed by atoms with Crippen molar-refractivity contribution in [3.05, 3.63) is 101 Å². The Morgan fingerprint density at radius 2 is 1.70 bits per heavy atom. The second-order valence-corrected chi connectivity index (χ2v) is 10.8. The summed E-state index contributed by atoms with van der Waals surface area (Å²) in [6, 6.07) is 23.7. The van der Waals surface area contributed by atoms with E-state index in [-0.39, 0.29) is 23.4 Å². The Bertz CT molecular complexity index is 1210. The average Bonchev–Trinajstić information content (AvgIpc) is 2.83. The molecule has 7 heteroatoms. The van der Waals surface area contributed by atoms with Crippen molar-refractivity contribution >= 4 is 27.5 Å². The van der Waals surface area contributed by atoms with Gasteiger partial charge in [0.2, 0.25) is 15.9 Å². The summed E-state index contributed by atoms with van der Waals surface area (Å²) < 4.78 is 27.7. The second kappa shape index (κ2) is 10.1. The largest absolute Gasteiger partial charge is 0.345 e. The van der Waals surface area contributed by atoms with Crippen molar-refractivity contribution in [3.63, 3.8) is 0 Å². The van der Waals surface area contributed by atoms with Gasteiger partial charge in [-0.2, -0.15) is 4.31 Å². The number of benzene rings is 3. The summed E-state index contributed by atoms with van der Waals surface area (Å²) in [5, 5.41) is 3.67. The highest BCUT2D eigenvalue weighted by Gasteiger charge is 2.34. The van der Waals surface area contributed by atoms with Crippen molar-refractivity contribution in [2.45, 2.75) is 30.7 Å². The summed E-state index contributed by atoms with van der Waals surface area (Å²) >= 11 is 5.91. The van der Waals surface area contributed by atoms with E-state index in [1.54, 1.807) is 12.1 Å². The van der Waals surface area contributed by atoms with Gasteiger partial charge in [-0.1, -0.05) is 71.8 Å². The average molecular weight is 483 g/mol. The summed E-state index contributed by atoms with van der Waals surface area (Å²) in [5.74, 6) is -0.557. The number of rotatable bonds is 6. The van der Waals surface area contributed by atoms with Gasteiger partial charge in [-0.3, -0.25) is 4.79 Å². The number of hydrogen-bond acceptors (Lipinski definition) is 3. The monoisotopic (exact) mass is 482 g/mol. The van der Waals surface area contributed by atoms with Crippen LogP contribution in [-0.4, -0.2) is 31.7 Å². The van der Waals surface area contributed by atoms with Crippen LogP contribution >= 0.6 is 11.6 Å². The molecule has 1 aliphatic heterocycles. The number of piperidine rings is 1. The molecule has 4 rings (SSSR count). The number of aryl methyl sites for hydroxylation is 1. The van der Waals surface area contributed by atoms with E-state index in [4.69, 9.17) is 11.6 Å². The Morgan fingerprint density at radius 1 is 1.00 bits per heavy atom. The third-order valence-electron chi connectivity index (χ3n) is 6.00. The molecule has 0 spiro atoms. The SMILES string of the molecule is Cc1cccc(C(NC(=O)C2CCCN(S(=O)(=O)c3ccc(Cl)cc3)C2)c2ccccc2)c1. The van der Waals surface area contributed by atoms with E-state index < -0.39 is 15.9 Å². The zero-order valence-corrected chi connectivity index (χ0v) is 20.0. The zero-order chi connectivity index (χ0) is 23.4. The number of carbonyl (C=O) groups is 1. The molecule has 2 atom stereocenters. The molecule has 1 N–H and O–H groups in total. The molecule has 3 aromatic carbocycles. The van der Waals surface area contributed by atoms with E-state index in [1.165, 1.54) is 16.4 Å². The van der Waals surface area contributed by atoms with Crippen LogP contribution < -0.4 is 5.32 Å². The second-order valence-electron chi connectivity index (χ2n) is 8.42. The van der Waals surface area contributed by atoms with E-state index in [0.29, 0.717) is 24.4 Å². The summed E-state index contributed by atoms with van der Waals surface area (Å²) in [6.45, 7) is 2.58. The Balaban J connectivity index is 1.54. The van der Waals surface area contributed by atoms with Crippen LogP contribution in [0.4, 0.5) is 0 Å². The quantitative estimate of drug-likeness (QED) is 0.540. The Labute approximate surface area is 200 Å². The van der Waals surface area contributed by atoms with Crippen LogP contribution in [0.2, 0.25) is 5.02 Å². The van der Waals surface area contributed by atoms with Crippen LogP contribution in [0.3, 0.4) is 0 Å². The van der Waals surface area contributed by atoms with Gasteiger partial charge in [0.25, 0.3) is 0 Å². The van der Waals surface area contributed by atoms with Gasteiger partial charge in [-0.25, -0.2) is 8.42 Å². The number of amides is 1. The highest BCUT2D eigenvalue weighted by Crippen LogP contribution is 2.27. The lowest BCUT2D eigenvalue weighted by atomic mass is 9.94. The molecule has 33 heavy (non-hydrogen) atoms. The number of halogens is 1. The molecule has 0 aromatic heterocycles. The van der Waals surface area contributed by atoms with Gasteiger partial charge in [0.15, 0.2) is 0 Å². The van der Waals surface area contributed by atoms with Crippen LogP contribution in [0, 0.1) is 12.8 Å². The summed E-state index contributed by atoms with van der Waals surface area (Å²) in [5.41, 5.74) is 3.09.